The first-order chi connectivity index (χ1) is 7.33. The first-order valence-electron chi connectivity index (χ1n) is 6.45. The second-order valence-corrected chi connectivity index (χ2v) is 10.9. The van der Waals surface area contributed by atoms with Gasteiger partial charge in [-0.05, 0) is 31.0 Å². The van der Waals surface area contributed by atoms with Crippen molar-refractivity contribution in [3.8, 4) is 0 Å². The summed E-state index contributed by atoms with van der Waals surface area (Å²) in [5.41, 5.74) is 0. The molecule has 0 saturated heterocycles. The van der Waals surface area contributed by atoms with Gasteiger partial charge in [0.25, 0.3) is 0 Å². The highest BCUT2D eigenvalue weighted by Gasteiger charge is 2.39. The second kappa shape index (κ2) is 6.77. The molecular formula is C13H30O2Si. The van der Waals surface area contributed by atoms with Crippen LogP contribution in [0.3, 0.4) is 0 Å². The fraction of sp³-hybridized carbons (Fsp3) is 1.00. The Labute approximate surface area is 103 Å². The van der Waals surface area contributed by atoms with Crippen LogP contribution in [0.2, 0.25) is 18.1 Å². The van der Waals surface area contributed by atoms with Gasteiger partial charge in [0.1, 0.15) is 0 Å². The van der Waals surface area contributed by atoms with E-state index in [1.807, 2.05) is 0 Å². The Bertz CT molecular complexity index is 179. The smallest absolute Gasteiger partial charge is 0.192 e. The standard InChI is InChI=1S/C12H26OSi.CH4O/c1-12(2,3)14(4,5)13-11-9-7-6-8-10-11;1-2/h11H,6-10H2,1-5H3;2H,1H3. The van der Waals surface area contributed by atoms with E-state index in [9.17, 15) is 0 Å². The summed E-state index contributed by atoms with van der Waals surface area (Å²) in [5.74, 6) is 0. The summed E-state index contributed by atoms with van der Waals surface area (Å²) in [6.07, 6.45) is 7.33. The van der Waals surface area contributed by atoms with E-state index < -0.39 is 8.32 Å². The normalized spacial score (nSPS) is 18.9. The quantitative estimate of drug-likeness (QED) is 0.748. The van der Waals surface area contributed by atoms with E-state index in [1.165, 1.54) is 32.1 Å². The Kier molecular flexibility index (Phi) is 6.83. The van der Waals surface area contributed by atoms with Gasteiger partial charge in [-0.3, -0.25) is 0 Å². The van der Waals surface area contributed by atoms with E-state index in [2.05, 4.69) is 33.9 Å². The number of hydrogen-bond acceptors (Lipinski definition) is 2. The Morgan fingerprint density at radius 3 is 1.81 bits per heavy atom. The van der Waals surface area contributed by atoms with Gasteiger partial charge in [0.15, 0.2) is 8.32 Å². The molecule has 0 radical (unpaired) electrons. The maximum absolute atomic E-state index is 7.00. The minimum Gasteiger partial charge on any atom is -0.414 e. The highest BCUT2D eigenvalue weighted by molar-refractivity contribution is 6.74. The molecule has 2 nitrogen and oxygen atoms in total. The number of hydrogen-bond donors (Lipinski definition) is 1. The fourth-order valence-corrected chi connectivity index (χ4v) is 3.20. The lowest BCUT2D eigenvalue weighted by Gasteiger charge is -2.40. The van der Waals surface area contributed by atoms with Crippen LogP contribution < -0.4 is 0 Å². The van der Waals surface area contributed by atoms with Crippen molar-refractivity contribution in [1.82, 2.24) is 0 Å². The molecule has 0 aliphatic heterocycles. The molecule has 0 unspecified atom stereocenters. The zero-order chi connectivity index (χ0) is 12.8. The summed E-state index contributed by atoms with van der Waals surface area (Å²) in [4.78, 5) is 0. The monoisotopic (exact) mass is 246 g/mol. The molecule has 1 N–H and O–H groups in total. The van der Waals surface area contributed by atoms with Gasteiger partial charge < -0.3 is 9.53 Å². The van der Waals surface area contributed by atoms with E-state index in [0.717, 1.165) is 7.11 Å². The predicted molar refractivity (Wildman–Crippen MR) is 73.3 cm³/mol. The molecule has 0 amide bonds. The van der Waals surface area contributed by atoms with Crippen LogP contribution in [0.1, 0.15) is 52.9 Å². The summed E-state index contributed by atoms with van der Waals surface area (Å²) >= 11 is 0. The van der Waals surface area contributed by atoms with Crippen molar-refractivity contribution in [2.45, 2.75) is 77.1 Å². The molecule has 1 aliphatic rings. The van der Waals surface area contributed by atoms with Crippen LogP contribution in [0, 0.1) is 0 Å². The predicted octanol–water partition coefficient (Wildman–Crippen LogP) is 3.95. The summed E-state index contributed by atoms with van der Waals surface area (Å²) in [6.45, 7) is 11.7. The first kappa shape index (κ1) is 16.1. The number of aliphatic hydroxyl groups excluding tert-OH is 1. The SMILES string of the molecule is CC(C)(C)[Si](C)(C)OC1CCCCC1.CO. The maximum Gasteiger partial charge on any atom is 0.192 e. The van der Waals surface area contributed by atoms with E-state index in [-0.39, 0.29) is 0 Å². The molecular weight excluding hydrogens is 216 g/mol. The van der Waals surface area contributed by atoms with Crippen LogP contribution in [0.5, 0.6) is 0 Å². The van der Waals surface area contributed by atoms with Gasteiger partial charge in [-0.15, -0.1) is 0 Å². The molecule has 0 atom stereocenters. The van der Waals surface area contributed by atoms with Gasteiger partial charge in [-0.1, -0.05) is 40.0 Å². The van der Waals surface area contributed by atoms with E-state index >= 15 is 0 Å². The Morgan fingerprint density at radius 2 is 1.44 bits per heavy atom. The van der Waals surface area contributed by atoms with Gasteiger partial charge in [0, 0.05) is 13.2 Å². The fourth-order valence-electron chi connectivity index (χ4n) is 1.78. The summed E-state index contributed by atoms with van der Waals surface area (Å²) < 4.78 is 6.38. The molecule has 3 heteroatoms. The molecule has 0 spiro atoms. The molecule has 1 aliphatic carbocycles. The largest absolute Gasteiger partial charge is 0.414 e. The lowest BCUT2D eigenvalue weighted by molar-refractivity contribution is 0.138. The molecule has 1 fully saturated rings. The lowest BCUT2D eigenvalue weighted by Crippen LogP contribution is -2.44. The molecule has 0 aromatic heterocycles. The highest BCUT2D eigenvalue weighted by Crippen LogP contribution is 2.38. The number of aliphatic hydroxyl groups is 1. The van der Waals surface area contributed by atoms with Crippen LogP contribution in [0.4, 0.5) is 0 Å². The second-order valence-electron chi connectivity index (χ2n) is 6.14. The highest BCUT2D eigenvalue weighted by atomic mass is 28.4. The van der Waals surface area contributed by atoms with Crippen molar-refractivity contribution in [3.05, 3.63) is 0 Å². The van der Waals surface area contributed by atoms with Gasteiger partial charge in [-0.25, -0.2) is 0 Å². The number of rotatable bonds is 2. The van der Waals surface area contributed by atoms with E-state index in [1.54, 1.807) is 0 Å². The van der Waals surface area contributed by atoms with Gasteiger partial charge >= 0.3 is 0 Å². The van der Waals surface area contributed by atoms with Gasteiger partial charge in [-0.2, -0.15) is 0 Å². The summed E-state index contributed by atoms with van der Waals surface area (Å²) in [5, 5.41) is 7.37. The van der Waals surface area contributed by atoms with Gasteiger partial charge in [0.2, 0.25) is 0 Å². The zero-order valence-electron chi connectivity index (χ0n) is 12.0. The molecule has 0 bridgehead atoms. The minimum absolute atomic E-state index is 0.366. The minimum atomic E-state index is -1.49. The molecule has 1 rings (SSSR count). The summed E-state index contributed by atoms with van der Waals surface area (Å²) in [7, 11) is -0.492. The average molecular weight is 246 g/mol. The lowest BCUT2D eigenvalue weighted by atomic mass is 9.98. The van der Waals surface area contributed by atoms with Crippen molar-refractivity contribution in [2.75, 3.05) is 7.11 Å². The van der Waals surface area contributed by atoms with Crippen molar-refractivity contribution < 1.29 is 9.53 Å². The maximum atomic E-state index is 7.00. The molecule has 1 saturated carbocycles. The third-order valence-electron chi connectivity index (χ3n) is 3.82. The molecule has 0 aromatic carbocycles. The first-order valence-corrected chi connectivity index (χ1v) is 9.36. The van der Waals surface area contributed by atoms with Gasteiger partial charge in [0.05, 0.1) is 0 Å². The van der Waals surface area contributed by atoms with Crippen LogP contribution in [0.15, 0.2) is 0 Å². The van der Waals surface area contributed by atoms with Crippen LogP contribution in [0.25, 0.3) is 0 Å². The van der Waals surface area contributed by atoms with Crippen molar-refractivity contribution >= 4 is 8.32 Å². The van der Waals surface area contributed by atoms with E-state index in [0.29, 0.717) is 11.1 Å². The third kappa shape index (κ3) is 4.98. The van der Waals surface area contributed by atoms with Crippen LogP contribution in [-0.2, 0) is 4.43 Å². The van der Waals surface area contributed by atoms with Crippen molar-refractivity contribution in [2.24, 2.45) is 0 Å². The Balaban J connectivity index is 0.00000106. The topological polar surface area (TPSA) is 29.5 Å². The molecule has 0 heterocycles. The molecule has 0 aromatic rings. The Morgan fingerprint density at radius 1 is 1.00 bits per heavy atom. The zero-order valence-corrected chi connectivity index (χ0v) is 13.0. The van der Waals surface area contributed by atoms with E-state index in [4.69, 9.17) is 9.53 Å². The molecule has 98 valence electrons. The third-order valence-corrected chi connectivity index (χ3v) is 8.35. The average Bonchev–Trinajstić information content (AvgIpc) is 2.20. The molecule has 16 heavy (non-hydrogen) atoms. The summed E-state index contributed by atoms with van der Waals surface area (Å²) in [6, 6.07) is 0. The van der Waals surface area contributed by atoms with Crippen LogP contribution >= 0.6 is 0 Å². The van der Waals surface area contributed by atoms with Crippen LogP contribution in [-0.4, -0.2) is 26.6 Å². The Hall–Kier alpha value is 0.137. The van der Waals surface area contributed by atoms with Crippen molar-refractivity contribution in [3.63, 3.8) is 0 Å². The van der Waals surface area contributed by atoms with Crippen molar-refractivity contribution in [1.29, 1.82) is 0 Å².